The predicted molar refractivity (Wildman–Crippen MR) is 141 cm³/mol. The lowest BCUT2D eigenvalue weighted by atomic mass is 10.1. The number of fused-ring (bicyclic) bond motifs is 1. The Kier molecular flexibility index (Phi) is 6.47. The summed E-state index contributed by atoms with van der Waals surface area (Å²) in [5, 5.41) is 9.06. The van der Waals surface area contributed by atoms with Crippen molar-refractivity contribution >= 4 is 21.6 Å². The fourth-order valence-corrected chi connectivity index (χ4v) is 6.82. The van der Waals surface area contributed by atoms with Crippen LogP contribution in [0.5, 0.6) is 0 Å². The number of sulfonamides is 1. The topological polar surface area (TPSA) is 93.3 Å². The zero-order valence-corrected chi connectivity index (χ0v) is 22.2. The lowest BCUT2D eigenvalue weighted by Gasteiger charge is -2.28. The SMILES string of the molecule is Cc1nn(C)c(C)c1S(=O)(=O)N1CCc2c(c(CN(C(=O)c3ccccc3)c3ccccc3)nn2C)C1. The molecule has 0 saturated carbocycles. The summed E-state index contributed by atoms with van der Waals surface area (Å²) >= 11 is 0. The van der Waals surface area contributed by atoms with E-state index in [1.54, 1.807) is 42.6 Å². The number of hydrogen-bond donors (Lipinski definition) is 0. The summed E-state index contributed by atoms with van der Waals surface area (Å²) in [5.41, 5.74) is 4.93. The quantitative estimate of drug-likeness (QED) is 0.390. The van der Waals surface area contributed by atoms with Gasteiger partial charge in [-0.1, -0.05) is 36.4 Å². The smallest absolute Gasteiger partial charge is 0.258 e. The molecule has 10 heteroatoms. The Bertz CT molecular complexity index is 1560. The van der Waals surface area contributed by atoms with Crippen LogP contribution in [-0.2, 0) is 43.6 Å². The number of carbonyl (C=O) groups is 1. The molecule has 2 aromatic carbocycles. The van der Waals surface area contributed by atoms with Crippen molar-refractivity contribution in [2.24, 2.45) is 14.1 Å². The fourth-order valence-electron chi connectivity index (χ4n) is 5.01. The summed E-state index contributed by atoms with van der Waals surface area (Å²) in [4.78, 5) is 15.5. The van der Waals surface area contributed by atoms with Crippen LogP contribution in [0.2, 0.25) is 0 Å². The van der Waals surface area contributed by atoms with Crippen LogP contribution in [0.1, 0.15) is 38.7 Å². The van der Waals surface area contributed by atoms with Gasteiger partial charge in [-0.15, -0.1) is 0 Å². The first-order chi connectivity index (χ1) is 17.7. The van der Waals surface area contributed by atoms with Crippen LogP contribution in [-0.4, -0.2) is 44.7 Å². The van der Waals surface area contributed by atoms with Crippen LogP contribution in [0.4, 0.5) is 5.69 Å². The number of aromatic nitrogens is 4. The molecule has 1 aliphatic heterocycles. The van der Waals surface area contributed by atoms with E-state index in [-0.39, 0.29) is 23.9 Å². The molecule has 9 nitrogen and oxygen atoms in total. The van der Waals surface area contributed by atoms with Crippen molar-refractivity contribution in [3.8, 4) is 0 Å². The van der Waals surface area contributed by atoms with Gasteiger partial charge in [0.15, 0.2) is 0 Å². The number of carbonyl (C=O) groups excluding carboxylic acids is 1. The van der Waals surface area contributed by atoms with E-state index < -0.39 is 10.0 Å². The summed E-state index contributed by atoms with van der Waals surface area (Å²) in [6.45, 7) is 4.26. The number of rotatable bonds is 6. The van der Waals surface area contributed by atoms with Gasteiger partial charge in [-0.25, -0.2) is 8.42 Å². The monoisotopic (exact) mass is 518 g/mol. The van der Waals surface area contributed by atoms with E-state index in [0.717, 1.165) is 16.9 Å². The van der Waals surface area contributed by atoms with Gasteiger partial charge >= 0.3 is 0 Å². The Morgan fingerprint density at radius 3 is 2.22 bits per heavy atom. The van der Waals surface area contributed by atoms with Gasteiger partial charge in [-0.05, 0) is 38.1 Å². The molecular formula is C27H30N6O3S. The molecule has 2 aromatic heterocycles. The Hall–Kier alpha value is -3.76. The largest absolute Gasteiger partial charge is 0.302 e. The first-order valence-corrected chi connectivity index (χ1v) is 13.6. The van der Waals surface area contributed by atoms with Gasteiger partial charge in [-0.2, -0.15) is 14.5 Å². The summed E-state index contributed by atoms with van der Waals surface area (Å²) in [7, 11) is -0.145. The molecule has 0 radical (unpaired) electrons. The Labute approximate surface area is 217 Å². The van der Waals surface area contributed by atoms with Crippen LogP contribution in [0.15, 0.2) is 65.6 Å². The minimum atomic E-state index is -3.76. The predicted octanol–water partition coefficient (Wildman–Crippen LogP) is 3.36. The van der Waals surface area contributed by atoms with E-state index in [9.17, 15) is 13.2 Å². The van der Waals surface area contributed by atoms with Crippen molar-refractivity contribution in [1.29, 1.82) is 0 Å². The van der Waals surface area contributed by atoms with Crippen LogP contribution in [0, 0.1) is 13.8 Å². The third kappa shape index (κ3) is 4.47. The van der Waals surface area contributed by atoms with Gasteiger partial charge in [0.1, 0.15) is 4.90 Å². The molecule has 37 heavy (non-hydrogen) atoms. The number of hydrogen-bond acceptors (Lipinski definition) is 5. The summed E-state index contributed by atoms with van der Waals surface area (Å²) < 4.78 is 32.3. The van der Waals surface area contributed by atoms with Crippen molar-refractivity contribution in [3.63, 3.8) is 0 Å². The van der Waals surface area contributed by atoms with E-state index >= 15 is 0 Å². The highest BCUT2D eigenvalue weighted by molar-refractivity contribution is 7.89. The number of anilines is 1. The molecule has 0 bridgehead atoms. The van der Waals surface area contributed by atoms with Crippen LogP contribution >= 0.6 is 0 Å². The average molecular weight is 519 g/mol. The number of benzene rings is 2. The van der Waals surface area contributed by atoms with Gasteiger partial charge in [0.2, 0.25) is 10.0 Å². The summed E-state index contributed by atoms with van der Waals surface area (Å²) in [6.07, 6.45) is 0.536. The molecule has 0 N–H and O–H groups in total. The molecule has 192 valence electrons. The van der Waals surface area contributed by atoms with Gasteiger partial charge in [0.05, 0.1) is 23.6 Å². The maximum atomic E-state index is 13.7. The van der Waals surface area contributed by atoms with E-state index in [2.05, 4.69) is 5.10 Å². The number of para-hydroxylation sites is 1. The molecule has 0 atom stereocenters. The van der Waals surface area contributed by atoms with Crippen molar-refractivity contribution in [1.82, 2.24) is 23.9 Å². The molecular weight excluding hydrogens is 488 g/mol. The summed E-state index contributed by atoms with van der Waals surface area (Å²) in [6, 6.07) is 18.6. The second-order valence-corrected chi connectivity index (χ2v) is 11.2. The summed E-state index contributed by atoms with van der Waals surface area (Å²) in [5.74, 6) is -0.145. The Morgan fingerprint density at radius 1 is 0.946 bits per heavy atom. The Balaban J connectivity index is 1.51. The zero-order chi connectivity index (χ0) is 26.3. The average Bonchev–Trinajstić information content (AvgIpc) is 3.36. The van der Waals surface area contributed by atoms with Crippen molar-refractivity contribution in [2.75, 3.05) is 11.4 Å². The first kappa shape index (κ1) is 24.9. The molecule has 3 heterocycles. The maximum Gasteiger partial charge on any atom is 0.258 e. The van der Waals surface area contributed by atoms with Crippen LogP contribution in [0.25, 0.3) is 0 Å². The standard InChI is InChI=1S/C27H30N6O3S/c1-19-26(20(2)30(3)28-19)37(35,36)32-16-15-25-23(17-32)24(29-31(25)4)18-33(22-13-9-6-10-14-22)27(34)21-11-7-5-8-12-21/h5-14H,15-18H2,1-4H3. The third-order valence-electron chi connectivity index (χ3n) is 6.97. The van der Waals surface area contributed by atoms with Crippen molar-refractivity contribution in [2.45, 2.75) is 38.3 Å². The van der Waals surface area contributed by atoms with E-state index in [0.29, 0.717) is 35.6 Å². The van der Waals surface area contributed by atoms with Crippen molar-refractivity contribution in [3.05, 3.63) is 94.6 Å². The minimum absolute atomic E-state index is 0.145. The van der Waals surface area contributed by atoms with Crippen molar-refractivity contribution < 1.29 is 13.2 Å². The minimum Gasteiger partial charge on any atom is -0.302 e. The van der Waals surface area contributed by atoms with Gasteiger partial charge < -0.3 is 4.90 Å². The number of aryl methyl sites for hydroxylation is 3. The normalized spacial score (nSPS) is 13.9. The van der Waals surface area contributed by atoms with Gasteiger partial charge in [0, 0.05) is 56.1 Å². The number of nitrogens with zero attached hydrogens (tertiary/aromatic N) is 6. The lowest BCUT2D eigenvalue weighted by molar-refractivity contribution is 0.0984. The van der Waals surface area contributed by atoms with E-state index in [4.69, 9.17) is 5.10 Å². The maximum absolute atomic E-state index is 13.7. The molecule has 1 amide bonds. The highest BCUT2D eigenvalue weighted by Gasteiger charge is 2.35. The zero-order valence-electron chi connectivity index (χ0n) is 21.4. The van der Waals surface area contributed by atoms with Gasteiger partial charge in [-0.3, -0.25) is 14.2 Å². The highest BCUT2D eigenvalue weighted by atomic mass is 32.2. The van der Waals surface area contributed by atoms with Crippen LogP contribution in [0.3, 0.4) is 0 Å². The molecule has 0 aliphatic carbocycles. The fraction of sp³-hybridized carbons (Fsp3) is 0.296. The van der Waals surface area contributed by atoms with Crippen LogP contribution < -0.4 is 4.90 Å². The number of amides is 1. The molecule has 0 saturated heterocycles. The molecule has 0 fully saturated rings. The Morgan fingerprint density at radius 2 is 1.59 bits per heavy atom. The molecule has 4 aromatic rings. The van der Waals surface area contributed by atoms with E-state index in [1.807, 2.05) is 60.3 Å². The first-order valence-electron chi connectivity index (χ1n) is 12.1. The van der Waals surface area contributed by atoms with Gasteiger partial charge in [0.25, 0.3) is 5.91 Å². The third-order valence-corrected chi connectivity index (χ3v) is 9.07. The van der Waals surface area contributed by atoms with E-state index in [1.165, 1.54) is 4.31 Å². The lowest BCUT2D eigenvalue weighted by Crippen LogP contribution is -2.37. The molecule has 0 unspecified atom stereocenters. The molecule has 0 spiro atoms. The second-order valence-electron chi connectivity index (χ2n) is 9.30. The highest BCUT2D eigenvalue weighted by Crippen LogP contribution is 2.31. The molecule has 5 rings (SSSR count). The molecule has 1 aliphatic rings. The second kappa shape index (κ2) is 9.60.